The first kappa shape index (κ1) is 16.5. The van der Waals surface area contributed by atoms with Gasteiger partial charge >= 0.3 is 5.97 Å². The lowest BCUT2D eigenvalue weighted by Crippen LogP contribution is -2.21. The minimum absolute atomic E-state index is 0.105. The number of methoxy groups -OCH3 is 1. The summed E-state index contributed by atoms with van der Waals surface area (Å²) in [5.41, 5.74) is 2.58. The van der Waals surface area contributed by atoms with Gasteiger partial charge in [0.05, 0.1) is 12.7 Å². The molecule has 0 spiro atoms. The van der Waals surface area contributed by atoms with Crippen molar-refractivity contribution in [3.8, 4) is 5.75 Å². The fourth-order valence-electron chi connectivity index (χ4n) is 2.83. The van der Waals surface area contributed by atoms with Crippen molar-refractivity contribution in [1.29, 1.82) is 0 Å². The first-order valence-electron chi connectivity index (χ1n) is 7.80. The van der Waals surface area contributed by atoms with E-state index in [1.54, 1.807) is 6.07 Å². The normalized spacial score (nSPS) is 12.6. The van der Waals surface area contributed by atoms with Crippen LogP contribution in [-0.4, -0.2) is 25.6 Å². The number of thiophene rings is 1. The molecule has 0 saturated carbocycles. The highest BCUT2D eigenvalue weighted by atomic mass is 32.1. The number of benzene rings is 1. The molecule has 1 aromatic carbocycles. The average molecular weight is 345 g/mol. The molecule has 6 heteroatoms. The summed E-state index contributed by atoms with van der Waals surface area (Å²) in [6.45, 7) is 1.86. The summed E-state index contributed by atoms with van der Waals surface area (Å²) in [5.74, 6) is -0.0436. The third-order valence-corrected chi connectivity index (χ3v) is 5.13. The van der Waals surface area contributed by atoms with E-state index in [2.05, 4.69) is 5.32 Å². The Morgan fingerprint density at radius 1 is 1.29 bits per heavy atom. The van der Waals surface area contributed by atoms with E-state index in [-0.39, 0.29) is 12.5 Å². The van der Waals surface area contributed by atoms with E-state index in [1.807, 2.05) is 25.1 Å². The molecule has 0 radical (unpaired) electrons. The van der Waals surface area contributed by atoms with Crippen LogP contribution in [0, 0.1) is 6.92 Å². The van der Waals surface area contributed by atoms with Crippen LogP contribution in [0.5, 0.6) is 5.75 Å². The van der Waals surface area contributed by atoms with E-state index in [9.17, 15) is 9.59 Å². The molecule has 1 aliphatic rings. The second-order valence-electron chi connectivity index (χ2n) is 5.71. The highest BCUT2D eigenvalue weighted by Crippen LogP contribution is 2.39. The van der Waals surface area contributed by atoms with Crippen LogP contribution < -0.4 is 10.1 Å². The Balaban J connectivity index is 1.69. The number of ether oxygens (including phenoxy) is 2. The van der Waals surface area contributed by atoms with Crippen LogP contribution in [0.1, 0.15) is 32.8 Å². The lowest BCUT2D eigenvalue weighted by Gasteiger charge is -2.09. The lowest BCUT2D eigenvalue weighted by molar-refractivity contribution is -0.118. The number of anilines is 1. The van der Waals surface area contributed by atoms with Gasteiger partial charge < -0.3 is 14.8 Å². The molecule has 0 bridgehead atoms. The lowest BCUT2D eigenvalue weighted by atomic mass is 10.1. The zero-order valence-corrected chi connectivity index (χ0v) is 14.5. The Bertz CT molecular complexity index is 781. The number of nitrogens with one attached hydrogen (secondary N) is 1. The van der Waals surface area contributed by atoms with Gasteiger partial charge in [0.2, 0.25) is 0 Å². The van der Waals surface area contributed by atoms with Crippen LogP contribution in [0.25, 0.3) is 0 Å². The molecular formula is C18H19NO4S. The maximum Gasteiger partial charge on any atom is 0.341 e. The molecule has 0 unspecified atom stereocenters. The largest absolute Gasteiger partial charge is 0.484 e. The molecule has 1 N–H and O–H groups in total. The van der Waals surface area contributed by atoms with Gasteiger partial charge in [-0.15, -0.1) is 11.3 Å². The molecule has 3 rings (SSSR count). The Labute approximate surface area is 144 Å². The number of fused-ring (bicyclic) bond motifs is 1. The average Bonchev–Trinajstić information content (AvgIpc) is 3.13. The molecule has 0 saturated heterocycles. The molecule has 1 aliphatic carbocycles. The predicted molar refractivity (Wildman–Crippen MR) is 93.0 cm³/mol. The molecule has 1 aromatic heterocycles. The van der Waals surface area contributed by atoms with E-state index in [4.69, 9.17) is 9.47 Å². The van der Waals surface area contributed by atoms with Crippen molar-refractivity contribution in [2.75, 3.05) is 19.0 Å². The molecular weight excluding hydrogens is 326 g/mol. The van der Waals surface area contributed by atoms with Crippen molar-refractivity contribution in [3.05, 3.63) is 45.8 Å². The zero-order chi connectivity index (χ0) is 17.1. The minimum Gasteiger partial charge on any atom is -0.484 e. The molecule has 24 heavy (non-hydrogen) atoms. The monoisotopic (exact) mass is 345 g/mol. The first-order valence-corrected chi connectivity index (χ1v) is 8.62. The SMILES string of the molecule is COC(=O)c1c(NC(=O)COc2cccc(C)c2)sc2c1CCC2. The van der Waals surface area contributed by atoms with Gasteiger partial charge in [-0.2, -0.15) is 0 Å². The fraction of sp³-hybridized carbons (Fsp3) is 0.333. The number of carbonyl (C=O) groups excluding carboxylic acids is 2. The second-order valence-corrected chi connectivity index (χ2v) is 6.81. The maximum absolute atomic E-state index is 12.2. The maximum atomic E-state index is 12.2. The number of aryl methyl sites for hydroxylation is 2. The smallest absolute Gasteiger partial charge is 0.341 e. The summed E-state index contributed by atoms with van der Waals surface area (Å²) in [5, 5.41) is 3.35. The van der Waals surface area contributed by atoms with Crippen molar-refractivity contribution in [3.63, 3.8) is 0 Å². The molecule has 1 heterocycles. The van der Waals surface area contributed by atoms with Gasteiger partial charge in [0, 0.05) is 4.88 Å². The number of carbonyl (C=O) groups is 2. The molecule has 5 nitrogen and oxygen atoms in total. The van der Waals surface area contributed by atoms with Crippen LogP contribution in [0.2, 0.25) is 0 Å². The standard InChI is InChI=1S/C18H19NO4S/c1-11-5-3-6-12(9-11)23-10-15(20)19-17-16(18(21)22-2)13-7-4-8-14(13)24-17/h3,5-6,9H,4,7-8,10H2,1-2H3,(H,19,20). The van der Waals surface area contributed by atoms with Gasteiger partial charge in [-0.25, -0.2) is 4.79 Å². The second kappa shape index (κ2) is 7.05. The zero-order valence-electron chi connectivity index (χ0n) is 13.7. The number of hydrogen-bond donors (Lipinski definition) is 1. The van der Waals surface area contributed by atoms with Crippen LogP contribution >= 0.6 is 11.3 Å². The van der Waals surface area contributed by atoms with Crippen molar-refractivity contribution < 1.29 is 19.1 Å². The molecule has 126 valence electrons. The topological polar surface area (TPSA) is 64.6 Å². The summed E-state index contributed by atoms with van der Waals surface area (Å²) in [6.07, 6.45) is 2.83. The summed E-state index contributed by atoms with van der Waals surface area (Å²) in [4.78, 5) is 25.4. The van der Waals surface area contributed by atoms with E-state index < -0.39 is 5.97 Å². The van der Waals surface area contributed by atoms with Gasteiger partial charge in [-0.05, 0) is 49.4 Å². The first-order chi connectivity index (χ1) is 11.6. The molecule has 0 fully saturated rings. The third-order valence-electron chi connectivity index (χ3n) is 3.92. The van der Waals surface area contributed by atoms with Crippen molar-refractivity contribution in [2.24, 2.45) is 0 Å². The quantitative estimate of drug-likeness (QED) is 0.844. The summed E-state index contributed by atoms with van der Waals surface area (Å²) in [6, 6.07) is 7.51. The van der Waals surface area contributed by atoms with Crippen LogP contribution in [0.4, 0.5) is 5.00 Å². The van der Waals surface area contributed by atoms with Gasteiger partial charge in [0.1, 0.15) is 10.8 Å². The summed E-state index contributed by atoms with van der Waals surface area (Å²) < 4.78 is 10.4. The van der Waals surface area contributed by atoms with E-state index in [0.29, 0.717) is 16.3 Å². The molecule has 2 aromatic rings. The highest BCUT2D eigenvalue weighted by molar-refractivity contribution is 7.17. The Morgan fingerprint density at radius 2 is 2.12 bits per heavy atom. The molecule has 1 amide bonds. The predicted octanol–water partition coefficient (Wildman–Crippen LogP) is 3.35. The van der Waals surface area contributed by atoms with Crippen LogP contribution in [-0.2, 0) is 22.4 Å². The van der Waals surface area contributed by atoms with Gasteiger partial charge in [0.25, 0.3) is 5.91 Å². The fourth-order valence-corrected chi connectivity index (χ4v) is 4.12. The highest BCUT2D eigenvalue weighted by Gasteiger charge is 2.28. The van der Waals surface area contributed by atoms with Gasteiger partial charge in [-0.1, -0.05) is 12.1 Å². The number of esters is 1. The molecule has 0 aliphatic heterocycles. The van der Waals surface area contributed by atoms with E-state index in [1.165, 1.54) is 18.4 Å². The summed E-state index contributed by atoms with van der Waals surface area (Å²) >= 11 is 1.46. The van der Waals surface area contributed by atoms with Gasteiger partial charge in [-0.3, -0.25) is 4.79 Å². The van der Waals surface area contributed by atoms with E-state index >= 15 is 0 Å². The summed E-state index contributed by atoms with van der Waals surface area (Å²) in [7, 11) is 1.35. The van der Waals surface area contributed by atoms with Crippen molar-refractivity contribution in [1.82, 2.24) is 0 Å². The Morgan fingerprint density at radius 3 is 2.88 bits per heavy atom. The van der Waals surface area contributed by atoms with Gasteiger partial charge in [0.15, 0.2) is 6.61 Å². The number of hydrogen-bond acceptors (Lipinski definition) is 5. The Kier molecular flexibility index (Phi) is 4.85. The van der Waals surface area contributed by atoms with Crippen molar-refractivity contribution in [2.45, 2.75) is 26.2 Å². The minimum atomic E-state index is -0.399. The van der Waals surface area contributed by atoms with Crippen molar-refractivity contribution >= 4 is 28.2 Å². The van der Waals surface area contributed by atoms with Crippen LogP contribution in [0.3, 0.4) is 0 Å². The third kappa shape index (κ3) is 3.43. The van der Waals surface area contributed by atoms with Crippen LogP contribution in [0.15, 0.2) is 24.3 Å². The number of amides is 1. The Hall–Kier alpha value is -2.34. The molecule has 0 atom stereocenters. The van der Waals surface area contributed by atoms with E-state index in [0.717, 1.165) is 35.3 Å². The number of rotatable bonds is 5.